The third-order valence-corrected chi connectivity index (χ3v) is 3.40. The molecule has 0 bridgehead atoms. The number of aromatic nitrogens is 3. The maximum Gasteiger partial charge on any atom is 0.232 e. The van der Waals surface area contributed by atoms with Gasteiger partial charge >= 0.3 is 0 Å². The fourth-order valence-electron chi connectivity index (χ4n) is 2.29. The van der Waals surface area contributed by atoms with Gasteiger partial charge in [-0.1, -0.05) is 48.0 Å². The Hall–Kier alpha value is -3.72. The lowest BCUT2D eigenvalue weighted by Gasteiger charge is -2.07. The van der Waals surface area contributed by atoms with Crippen LogP contribution in [0.5, 0.6) is 0 Å². The maximum absolute atomic E-state index is 9.50. The molecule has 0 aliphatic carbocycles. The maximum atomic E-state index is 9.50. The highest BCUT2D eigenvalue weighted by atomic mass is 15.2. The van der Waals surface area contributed by atoms with Crippen molar-refractivity contribution in [3.63, 3.8) is 0 Å². The van der Waals surface area contributed by atoms with Crippen molar-refractivity contribution in [2.75, 3.05) is 11.1 Å². The lowest BCUT2D eigenvalue weighted by molar-refractivity contribution is 1.04. The van der Waals surface area contributed by atoms with Crippen molar-refractivity contribution in [3.05, 3.63) is 71.5 Å². The Bertz CT molecular complexity index is 957. The van der Waals surface area contributed by atoms with Crippen molar-refractivity contribution >= 4 is 29.2 Å². The van der Waals surface area contributed by atoms with Crippen molar-refractivity contribution in [1.29, 1.82) is 5.26 Å². The van der Waals surface area contributed by atoms with Gasteiger partial charge in [-0.25, -0.2) is 0 Å². The van der Waals surface area contributed by atoms with Crippen LogP contribution in [-0.2, 0) is 0 Å². The molecule has 0 aliphatic rings. The number of nitrogens with one attached hydrogen (secondary N) is 1. The minimum Gasteiger partial charge on any atom is -0.368 e. The van der Waals surface area contributed by atoms with Crippen LogP contribution in [0.15, 0.2) is 54.6 Å². The molecule has 0 fully saturated rings. The lowest BCUT2D eigenvalue weighted by atomic mass is 10.1. The molecular formula is C19H16N6. The number of hydrogen-bond acceptors (Lipinski definition) is 6. The number of benzene rings is 2. The number of aryl methyl sites for hydroxylation is 1. The van der Waals surface area contributed by atoms with Crippen LogP contribution in [0.2, 0.25) is 0 Å². The topological polar surface area (TPSA) is 101 Å². The Kier molecular flexibility index (Phi) is 4.67. The van der Waals surface area contributed by atoms with Crippen molar-refractivity contribution in [2.24, 2.45) is 0 Å². The predicted octanol–water partition coefficient (Wildman–Crippen LogP) is 3.57. The van der Waals surface area contributed by atoms with Crippen LogP contribution in [0, 0.1) is 18.3 Å². The summed E-state index contributed by atoms with van der Waals surface area (Å²) >= 11 is 0. The second-order valence-corrected chi connectivity index (χ2v) is 5.42. The van der Waals surface area contributed by atoms with E-state index in [0.717, 1.165) is 16.8 Å². The average molecular weight is 328 g/mol. The molecule has 3 aromatic rings. The molecule has 0 radical (unpaired) electrons. The van der Waals surface area contributed by atoms with E-state index in [0.29, 0.717) is 11.5 Å². The monoisotopic (exact) mass is 328 g/mol. The molecule has 1 heterocycles. The van der Waals surface area contributed by atoms with Crippen molar-refractivity contribution in [2.45, 2.75) is 6.92 Å². The van der Waals surface area contributed by atoms with Crippen LogP contribution >= 0.6 is 0 Å². The first-order valence-corrected chi connectivity index (χ1v) is 7.66. The van der Waals surface area contributed by atoms with E-state index in [9.17, 15) is 5.26 Å². The molecule has 0 saturated carbocycles. The molecular weight excluding hydrogens is 312 g/mol. The van der Waals surface area contributed by atoms with Crippen LogP contribution in [0.4, 0.5) is 17.6 Å². The number of hydrogen-bond donors (Lipinski definition) is 2. The molecule has 0 spiro atoms. The smallest absolute Gasteiger partial charge is 0.232 e. The average Bonchev–Trinajstić information content (AvgIpc) is 2.60. The first-order chi connectivity index (χ1) is 12.1. The van der Waals surface area contributed by atoms with E-state index >= 15 is 0 Å². The Morgan fingerprint density at radius 1 is 1.08 bits per heavy atom. The van der Waals surface area contributed by atoms with Crippen LogP contribution in [0.25, 0.3) is 11.6 Å². The molecule has 0 atom stereocenters. The molecule has 122 valence electrons. The molecule has 3 rings (SSSR count). The molecule has 2 aromatic carbocycles. The minimum absolute atomic E-state index is 0.0498. The summed E-state index contributed by atoms with van der Waals surface area (Å²) in [6.07, 6.45) is 1.73. The van der Waals surface area contributed by atoms with Gasteiger partial charge in [-0.15, -0.1) is 0 Å². The van der Waals surface area contributed by atoms with Crippen LogP contribution in [-0.4, -0.2) is 15.0 Å². The number of anilines is 3. The van der Waals surface area contributed by atoms with E-state index in [2.05, 4.69) is 26.3 Å². The van der Waals surface area contributed by atoms with E-state index in [-0.39, 0.29) is 11.8 Å². The Balaban J connectivity index is 1.96. The van der Waals surface area contributed by atoms with Crippen LogP contribution in [0.1, 0.15) is 17.0 Å². The number of nitrogens with two attached hydrogens (primary N) is 1. The summed E-state index contributed by atoms with van der Waals surface area (Å²) in [7, 11) is 0. The second-order valence-electron chi connectivity index (χ2n) is 5.42. The summed E-state index contributed by atoms with van der Waals surface area (Å²) in [5.41, 5.74) is 8.92. The molecule has 25 heavy (non-hydrogen) atoms. The quantitative estimate of drug-likeness (QED) is 0.710. The molecule has 0 aliphatic heterocycles. The molecule has 0 saturated heterocycles. The standard InChI is InChI=1S/C19H16N6/c1-13-6-5-7-14(10-13)11-15(12-20)17-23-18(21)25-19(24-17)22-16-8-3-2-4-9-16/h2-11H,1H3,(H3,21,22,23,24,25)/b15-11+. The highest BCUT2D eigenvalue weighted by Gasteiger charge is 2.10. The summed E-state index contributed by atoms with van der Waals surface area (Å²) < 4.78 is 0. The van der Waals surface area contributed by atoms with Crippen molar-refractivity contribution < 1.29 is 0 Å². The zero-order chi connectivity index (χ0) is 17.6. The number of nitrogen functional groups attached to an aromatic ring is 1. The van der Waals surface area contributed by atoms with E-state index in [1.54, 1.807) is 6.08 Å². The first-order valence-electron chi connectivity index (χ1n) is 7.66. The molecule has 1 aromatic heterocycles. The highest BCUT2D eigenvalue weighted by molar-refractivity contribution is 5.87. The lowest BCUT2D eigenvalue weighted by Crippen LogP contribution is -2.06. The summed E-state index contributed by atoms with van der Waals surface area (Å²) in [4.78, 5) is 12.5. The third-order valence-electron chi connectivity index (χ3n) is 3.40. The predicted molar refractivity (Wildman–Crippen MR) is 98.6 cm³/mol. The number of para-hydroxylation sites is 1. The van der Waals surface area contributed by atoms with Gasteiger partial charge in [0.15, 0.2) is 5.82 Å². The highest BCUT2D eigenvalue weighted by Crippen LogP contribution is 2.19. The van der Waals surface area contributed by atoms with E-state index in [4.69, 9.17) is 5.73 Å². The fourth-order valence-corrected chi connectivity index (χ4v) is 2.29. The van der Waals surface area contributed by atoms with E-state index < -0.39 is 0 Å². The van der Waals surface area contributed by atoms with Gasteiger partial charge in [0.1, 0.15) is 6.07 Å². The Morgan fingerprint density at radius 2 is 1.88 bits per heavy atom. The van der Waals surface area contributed by atoms with Gasteiger partial charge in [-0.2, -0.15) is 20.2 Å². The molecule has 0 amide bonds. The summed E-state index contributed by atoms with van der Waals surface area (Å²) in [6, 6.07) is 19.4. The third kappa shape index (κ3) is 4.18. The van der Waals surface area contributed by atoms with Gasteiger partial charge in [0, 0.05) is 5.69 Å². The number of rotatable bonds is 4. The van der Waals surface area contributed by atoms with Crippen LogP contribution in [0.3, 0.4) is 0 Å². The number of nitrogens with zero attached hydrogens (tertiary/aromatic N) is 4. The minimum atomic E-state index is 0.0498. The Morgan fingerprint density at radius 3 is 2.60 bits per heavy atom. The Labute approximate surface area is 145 Å². The van der Waals surface area contributed by atoms with Gasteiger partial charge in [0.05, 0.1) is 5.57 Å². The molecule has 3 N–H and O–H groups in total. The molecule has 6 heteroatoms. The van der Waals surface area contributed by atoms with Gasteiger partial charge in [0.2, 0.25) is 11.9 Å². The van der Waals surface area contributed by atoms with E-state index in [1.807, 2.05) is 61.5 Å². The van der Waals surface area contributed by atoms with Gasteiger partial charge in [-0.3, -0.25) is 0 Å². The SMILES string of the molecule is Cc1cccc(/C=C(\C#N)c2nc(N)nc(Nc3ccccc3)n2)c1. The zero-order valence-corrected chi connectivity index (χ0v) is 13.6. The normalized spacial score (nSPS) is 11.0. The second kappa shape index (κ2) is 7.23. The molecule has 0 unspecified atom stereocenters. The molecule has 6 nitrogen and oxygen atoms in total. The van der Waals surface area contributed by atoms with Crippen molar-refractivity contribution in [1.82, 2.24) is 15.0 Å². The largest absolute Gasteiger partial charge is 0.368 e. The summed E-state index contributed by atoms with van der Waals surface area (Å²) in [5.74, 6) is 0.572. The number of allylic oxidation sites excluding steroid dienone is 1. The zero-order valence-electron chi connectivity index (χ0n) is 13.6. The van der Waals surface area contributed by atoms with E-state index in [1.165, 1.54) is 0 Å². The summed E-state index contributed by atoms with van der Waals surface area (Å²) in [6.45, 7) is 1.99. The summed E-state index contributed by atoms with van der Waals surface area (Å²) in [5, 5.41) is 12.6. The van der Waals surface area contributed by atoms with Gasteiger partial charge in [0.25, 0.3) is 0 Å². The number of nitriles is 1. The fraction of sp³-hybridized carbons (Fsp3) is 0.0526. The van der Waals surface area contributed by atoms with Crippen LogP contribution < -0.4 is 11.1 Å². The van der Waals surface area contributed by atoms with Crippen molar-refractivity contribution in [3.8, 4) is 6.07 Å². The first kappa shape index (κ1) is 16.1. The van der Waals surface area contributed by atoms with Gasteiger partial charge in [-0.05, 0) is 30.7 Å². The van der Waals surface area contributed by atoms with Gasteiger partial charge < -0.3 is 11.1 Å².